The maximum Gasteiger partial charge on any atom is 0.325 e. The third-order valence-electron chi connectivity index (χ3n) is 4.68. The number of carboxylic acid groups (broad SMARTS) is 2. The molecule has 0 fully saturated rings. The van der Waals surface area contributed by atoms with E-state index in [9.17, 15) is 22.8 Å². The number of primary amides is 1. The molecule has 0 aliphatic rings. The normalized spacial score (nSPS) is 11.5. The van der Waals surface area contributed by atoms with Crippen LogP contribution < -0.4 is 5.73 Å². The van der Waals surface area contributed by atoms with Crippen molar-refractivity contribution in [3.8, 4) is 0 Å². The van der Waals surface area contributed by atoms with E-state index in [0.29, 0.717) is 6.42 Å². The Kier molecular flexibility index (Phi) is 33.5. The second-order valence-corrected chi connectivity index (χ2v) is 9.34. The number of unbranched alkanes of at least 4 members (excludes halogenated alkanes) is 11. The van der Waals surface area contributed by atoms with Gasteiger partial charge in [-0.25, -0.2) is 0 Å². The summed E-state index contributed by atoms with van der Waals surface area (Å²) in [6.07, 6.45) is 20.8. The van der Waals surface area contributed by atoms with Crippen LogP contribution in [0.1, 0.15) is 103 Å². The quantitative estimate of drug-likeness (QED) is 0.0857. The van der Waals surface area contributed by atoms with E-state index in [-0.39, 0.29) is 65.0 Å². The van der Waals surface area contributed by atoms with Crippen LogP contribution in [-0.2, 0) is 24.5 Å². The Balaban J connectivity index is -0.000000279. The minimum atomic E-state index is -4.84. The minimum absolute atomic E-state index is 0. The average Bonchev–Trinajstić information content (AvgIpc) is 2.68. The second-order valence-electron chi connectivity index (χ2n) is 7.74. The van der Waals surface area contributed by atoms with Gasteiger partial charge < -0.3 is 15.9 Å². The maximum absolute atomic E-state index is 10.5. The molecule has 0 rings (SSSR count). The molecule has 0 aliphatic heterocycles. The summed E-state index contributed by atoms with van der Waals surface area (Å²) in [7, 11) is -4.84. The summed E-state index contributed by atoms with van der Waals surface area (Å²) in [6.45, 7) is 2.26. The second kappa shape index (κ2) is 27.6. The van der Waals surface area contributed by atoms with Crippen LogP contribution in [0.5, 0.6) is 0 Å². The largest absolute Gasteiger partial charge is 0.481 e. The molecule has 0 aromatic heterocycles. The minimum Gasteiger partial charge on any atom is -0.481 e. The van der Waals surface area contributed by atoms with Gasteiger partial charge >= 0.3 is 11.9 Å². The molecule has 0 aliphatic carbocycles. The maximum atomic E-state index is 10.5. The van der Waals surface area contributed by atoms with Crippen molar-refractivity contribution in [2.75, 3.05) is 0 Å². The predicted octanol–water partition coefficient (Wildman–Crippen LogP) is 3.55. The van der Waals surface area contributed by atoms with Crippen molar-refractivity contribution in [2.24, 2.45) is 5.73 Å². The monoisotopic (exact) mass is 525 g/mol. The predicted molar refractivity (Wildman–Crippen MR) is 135 cm³/mol. The summed E-state index contributed by atoms with van der Waals surface area (Å²) in [4.78, 5) is 30.5. The Morgan fingerprint density at radius 3 is 1.53 bits per heavy atom. The third-order valence-corrected chi connectivity index (χ3v) is 5.77. The van der Waals surface area contributed by atoms with E-state index in [1.54, 1.807) is 0 Å². The van der Waals surface area contributed by atoms with E-state index >= 15 is 0 Å². The smallest absolute Gasteiger partial charge is 0.325 e. The van der Waals surface area contributed by atoms with Gasteiger partial charge in [-0.15, -0.1) is 0 Å². The standard InChI is InChI=1S/C18H35NO.C4H6O7S.2Na/c1-2-3-4-5-6-7-8-9-10-11-12-13-14-15-16-17-18(19)20;5-3(6)1-2(4(7)8)12(9,10)11;;/h9-10H,2-8,11-17H2,1H3,(H2,19,20);2H,1H2,(H,5,6)(H,7,8)(H,9,10,11);;/b10-9-;;;. The number of aliphatic carboxylic acids is 2. The van der Waals surface area contributed by atoms with Gasteiger partial charge in [0.15, 0.2) is 5.25 Å². The van der Waals surface area contributed by atoms with Crippen LogP contribution >= 0.6 is 0 Å². The molecule has 5 N–H and O–H groups in total. The van der Waals surface area contributed by atoms with Crippen LogP contribution in [0, 0.1) is 0 Å². The van der Waals surface area contributed by atoms with Gasteiger partial charge in [-0.2, -0.15) is 8.42 Å². The first-order valence-electron chi connectivity index (χ1n) is 11.4. The Labute approximate surface area is 249 Å². The zero-order chi connectivity index (χ0) is 24.8. The van der Waals surface area contributed by atoms with Crippen molar-refractivity contribution in [3.63, 3.8) is 0 Å². The fourth-order valence-electron chi connectivity index (χ4n) is 2.85. The number of amides is 1. The molecule has 0 spiro atoms. The summed E-state index contributed by atoms with van der Waals surface area (Å²) < 4.78 is 28.7. The van der Waals surface area contributed by atoms with Gasteiger partial charge in [-0.05, 0) is 32.1 Å². The number of carboxylic acids is 2. The Morgan fingerprint density at radius 1 is 0.794 bits per heavy atom. The Hall–Kier alpha value is 0.0600. The van der Waals surface area contributed by atoms with Crippen LogP contribution in [0.2, 0.25) is 0 Å². The number of hydrogen-bond donors (Lipinski definition) is 4. The van der Waals surface area contributed by atoms with Crippen LogP contribution in [-0.4, -0.2) is 105 Å². The number of carbonyl (C=O) groups excluding carboxylic acids is 1. The molecule has 0 heterocycles. The molecule has 190 valence electrons. The fourth-order valence-corrected chi connectivity index (χ4v) is 3.46. The molecule has 2 radical (unpaired) electrons. The van der Waals surface area contributed by atoms with E-state index in [2.05, 4.69) is 19.1 Å². The number of allylic oxidation sites excluding steroid dienone is 2. The van der Waals surface area contributed by atoms with Gasteiger partial charge in [0.2, 0.25) is 5.91 Å². The van der Waals surface area contributed by atoms with E-state index in [0.717, 1.165) is 12.8 Å². The van der Waals surface area contributed by atoms with Crippen LogP contribution in [0.4, 0.5) is 0 Å². The summed E-state index contributed by atoms with van der Waals surface area (Å²) in [5.41, 5.74) is 5.10. The summed E-state index contributed by atoms with van der Waals surface area (Å²) >= 11 is 0. The van der Waals surface area contributed by atoms with E-state index in [1.165, 1.54) is 70.6 Å². The summed E-state index contributed by atoms with van der Waals surface area (Å²) in [5, 5.41) is 13.9. The zero-order valence-corrected chi connectivity index (χ0v) is 26.0. The molecule has 0 bridgehead atoms. The molecule has 1 amide bonds. The van der Waals surface area contributed by atoms with Crippen molar-refractivity contribution >= 4 is 87.1 Å². The molecule has 0 saturated carbocycles. The van der Waals surface area contributed by atoms with Crippen molar-refractivity contribution in [3.05, 3.63) is 12.2 Å². The molecule has 0 aromatic rings. The van der Waals surface area contributed by atoms with Gasteiger partial charge in [-0.3, -0.25) is 18.9 Å². The number of hydrogen-bond acceptors (Lipinski definition) is 5. The van der Waals surface area contributed by atoms with Crippen molar-refractivity contribution in [2.45, 2.75) is 108 Å². The van der Waals surface area contributed by atoms with Crippen molar-refractivity contribution in [1.29, 1.82) is 0 Å². The van der Waals surface area contributed by atoms with Gasteiger partial charge in [0.05, 0.1) is 6.42 Å². The van der Waals surface area contributed by atoms with Crippen LogP contribution in [0.25, 0.3) is 0 Å². The zero-order valence-electron chi connectivity index (χ0n) is 21.2. The molecule has 0 saturated heterocycles. The fraction of sp³-hybridized carbons (Fsp3) is 0.773. The van der Waals surface area contributed by atoms with Gasteiger partial charge in [0.25, 0.3) is 10.1 Å². The molecule has 9 nitrogen and oxygen atoms in total. The van der Waals surface area contributed by atoms with Crippen molar-refractivity contribution < 1.29 is 37.6 Å². The van der Waals surface area contributed by atoms with E-state index in [1.807, 2.05) is 0 Å². The van der Waals surface area contributed by atoms with E-state index < -0.39 is 33.7 Å². The first kappa shape index (κ1) is 41.2. The summed E-state index contributed by atoms with van der Waals surface area (Å²) in [5.74, 6) is -3.66. The Morgan fingerprint density at radius 2 is 1.21 bits per heavy atom. The molecular weight excluding hydrogens is 484 g/mol. The average molecular weight is 526 g/mol. The first-order valence-corrected chi connectivity index (χ1v) is 12.9. The number of rotatable bonds is 19. The molecular formula is C22H41NNa2O8S. The molecule has 0 aromatic carbocycles. The van der Waals surface area contributed by atoms with Crippen LogP contribution in [0.3, 0.4) is 0 Å². The SMILES string of the molecule is CCCCCCCC/C=C\CCCCCCCC(N)=O.O=C(O)CC(C(=O)O)S(=O)(=O)O.[Na].[Na]. The van der Waals surface area contributed by atoms with Crippen LogP contribution in [0.15, 0.2) is 12.2 Å². The molecule has 34 heavy (non-hydrogen) atoms. The van der Waals surface area contributed by atoms with Gasteiger partial charge in [0.1, 0.15) is 0 Å². The molecule has 1 unspecified atom stereocenters. The van der Waals surface area contributed by atoms with Gasteiger partial charge in [-0.1, -0.05) is 70.4 Å². The van der Waals surface area contributed by atoms with Crippen molar-refractivity contribution in [1.82, 2.24) is 0 Å². The molecule has 12 heteroatoms. The number of carbonyl (C=O) groups is 3. The topological polar surface area (TPSA) is 172 Å². The third kappa shape index (κ3) is 32.1. The number of nitrogens with two attached hydrogens (primary N) is 1. The van der Waals surface area contributed by atoms with E-state index in [4.69, 9.17) is 20.5 Å². The Bertz CT molecular complexity index is 657. The van der Waals surface area contributed by atoms with Gasteiger partial charge in [0, 0.05) is 65.5 Å². The first-order chi connectivity index (χ1) is 15.0. The molecule has 1 atom stereocenters. The summed E-state index contributed by atoms with van der Waals surface area (Å²) in [6, 6.07) is 0.